The van der Waals surface area contributed by atoms with E-state index in [1.54, 1.807) is 38.6 Å². The minimum atomic E-state index is -0.893. The first-order valence-electron chi connectivity index (χ1n) is 11.9. The summed E-state index contributed by atoms with van der Waals surface area (Å²) in [6, 6.07) is 4.11. The number of nitrogens with one attached hydrogen (secondary N) is 2. The molecule has 7 nitrogen and oxygen atoms in total. The average molecular weight is 506 g/mol. The summed E-state index contributed by atoms with van der Waals surface area (Å²) in [5.41, 5.74) is 1.49. The second-order valence-corrected chi connectivity index (χ2v) is 11.8. The van der Waals surface area contributed by atoms with Crippen LogP contribution in [0, 0.1) is 13.8 Å². The molecule has 0 radical (unpaired) electrons. The van der Waals surface area contributed by atoms with E-state index >= 15 is 0 Å². The average Bonchev–Trinajstić information content (AvgIpc) is 2.66. The molecule has 2 N–H and O–H groups in total. The number of rotatable bonds is 10. The Hall–Kier alpha value is -2.48. The lowest BCUT2D eigenvalue weighted by Crippen LogP contribution is -2.54. The second-order valence-electron chi connectivity index (χ2n) is 10.8. The minimum absolute atomic E-state index is 0.139. The SMILES string of the molecule is C=CCN(C(=O)C(CCSC)NC(=O)OC(C)(C)C)C(C(=O)NC(C)(C)C)c1cc(C)cc(C)c1. The zero-order valence-electron chi connectivity index (χ0n) is 22.8. The van der Waals surface area contributed by atoms with Crippen molar-refractivity contribution in [3.8, 4) is 0 Å². The number of ether oxygens (including phenoxy) is 1. The molecule has 1 rings (SSSR count). The normalized spacial score (nSPS) is 13.4. The number of carbonyl (C=O) groups excluding carboxylic acids is 3. The lowest BCUT2D eigenvalue weighted by molar-refractivity contribution is -0.142. The molecule has 2 unspecified atom stereocenters. The topological polar surface area (TPSA) is 87.7 Å². The highest BCUT2D eigenvalue weighted by Crippen LogP contribution is 2.26. The summed E-state index contributed by atoms with van der Waals surface area (Å²) < 4.78 is 5.40. The molecule has 0 bridgehead atoms. The van der Waals surface area contributed by atoms with Crippen LogP contribution in [0.1, 0.15) is 70.7 Å². The zero-order valence-corrected chi connectivity index (χ0v) is 23.6. The summed E-state index contributed by atoms with van der Waals surface area (Å²) >= 11 is 1.57. The van der Waals surface area contributed by atoms with Gasteiger partial charge in [-0.05, 0) is 79.4 Å². The minimum Gasteiger partial charge on any atom is -0.444 e. The number of carbonyl (C=O) groups is 3. The molecule has 196 valence electrons. The zero-order chi connectivity index (χ0) is 27.0. The van der Waals surface area contributed by atoms with Gasteiger partial charge in [0, 0.05) is 12.1 Å². The van der Waals surface area contributed by atoms with E-state index in [4.69, 9.17) is 4.74 Å². The molecule has 0 aromatic heterocycles. The third kappa shape index (κ3) is 10.8. The van der Waals surface area contributed by atoms with Gasteiger partial charge < -0.3 is 20.3 Å². The second kappa shape index (κ2) is 13.0. The standard InChI is InChI=1S/C27H43N3O4S/c1-11-13-30(24(32)21(12-14-35-10)28-25(33)34-27(7,8)9)22(23(31)29-26(4,5)6)20-16-18(2)15-19(3)17-20/h11,15-17,21-22H,1,12-14H2,2-10H3,(H,28,33)(H,29,31). The Labute approximate surface area is 215 Å². The van der Waals surface area contributed by atoms with Crippen molar-refractivity contribution in [2.75, 3.05) is 18.6 Å². The molecule has 0 aliphatic carbocycles. The van der Waals surface area contributed by atoms with E-state index in [1.807, 2.05) is 59.1 Å². The van der Waals surface area contributed by atoms with Gasteiger partial charge in [-0.1, -0.05) is 35.4 Å². The van der Waals surface area contributed by atoms with Crippen LogP contribution in [0.25, 0.3) is 0 Å². The first-order valence-corrected chi connectivity index (χ1v) is 13.3. The number of hydrogen-bond donors (Lipinski definition) is 2. The third-order valence-corrected chi connectivity index (χ3v) is 5.47. The Morgan fingerprint density at radius 1 is 1.09 bits per heavy atom. The van der Waals surface area contributed by atoms with E-state index in [0.29, 0.717) is 17.7 Å². The number of hydrogen-bond acceptors (Lipinski definition) is 5. The summed E-state index contributed by atoms with van der Waals surface area (Å²) in [5.74, 6) is -0.00657. The number of benzene rings is 1. The maximum absolute atomic E-state index is 13.9. The highest BCUT2D eigenvalue weighted by atomic mass is 32.2. The van der Waals surface area contributed by atoms with Gasteiger partial charge in [0.2, 0.25) is 11.8 Å². The van der Waals surface area contributed by atoms with Crippen LogP contribution >= 0.6 is 11.8 Å². The number of alkyl carbamates (subject to hydrolysis) is 1. The molecule has 0 fully saturated rings. The van der Waals surface area contributed by atoms with Crippen molar-refractivity contribution in [1.82, 2.24) is 15.5 Å². The summed E-state index contributed by atoms with van der Waals surface area (Å²) in [5, 5.41) is 5.75. The molecule has 0 spiro atoms. The summed E-state index contributed by atoms with van der Waals surface area (Å²) in [6.45, 7) is 18.9. The van der Waals surface area contributed by atoms with Crippen LogP contribution in [-0.4, -0.2) is 58.5 Å². The van der Waals surface area contributed by atoms with Crippen LogP contribution < -0.4 is 10.6 Å². The highest BCUT2D eigenvalue weighted by Gasteiger charge is 2.36. The van der Waals surface area contributed by atoms with Crippen LogP contribution in [0.15, 0.2) is 30.9 Å². The third-order valence-electron chi connectivity index (χ3n) is 4.83. The van der Waals surface area contributed by atoms with Crippen molar-refractivity contribution in [3.05, 3.63) is 47.5 Å². The Kier molecular flexibility index (Phi) is 11.3. The Morgan fingerprint density at radius 3 is 2.11 bits per heavy atom. The fourth-order valence-corrected chi connectivity index (χ4v) is 4.15. The number of thioether (sulfide) groups is 1. The summed E-state index contributed by atoms with van der Waals surface area (Å²) in [7, 11) is 0. The molecule has 1 aromatic carbocycles. The van der Waals surface area contributed by atoms with E-state index in [-0.39, 0.29) is 18.4 Å². The quantitative estimate of drug-likeness (QED) is 0.441. The van der Waals surface area contributed by atoms with Gasteiger partial charge in [-0.15, -0.1) is 6.58 Å². The molecular weight excluding hydrogens is 462 g/mol. The van der Waals surface area contributed by atoms with Gasteiger partial charge in [0.1, 0.15) is 17.7 Å². The lowest BCUT2D eigenvalue weighted by Gasteiger charge is -2.35. The van der Waals surface area contributed by atoms with E-state index in [2.05, 4.69) is 17.2 Å². The molecule has 0 aliphatic rings. The van der Waals surface area contributed by atoms with Gasteiger partial charge >= 0.3 is 6.09 Å². The highest BCUT2D eigenvalue weighted by molar-refractivity contribution is 7.98. The molecule has 3 amide bonds. The first kappa shape index (κ1) is 30.6. The van der Waals surface area contributed by atoms with Gasteiger partial charge in [-0.3, -0.25) is 9.59 Å². The Bertz CT molecular complexity index is 882. The predicted octanol–water partition coefficient (Wildman–Crippen LogP) is 4.92. The van der Waals surface area contributed by atoms with Crippen molar-refractivity contribution in [3.63, 3.8) is 0 Å². The smallest absolute Gasteiger partial charge is 0.408 e. The van der Waals surface area contributed by atoms with Crippen LogP contribution in [0.4, 0.5) is 4.79 Å². The molecule has 8 heteroatoms. The number of amides is 3. The van der Waals surface area contributed by atoms with E-state index in [0.717, 1.165) is 11.1 Å². The number of aryl methyl sites for hydroxylation is 2. The maximum Gasteiger partial charge on any atom is 0.408 e. The summed E-state index contributed by atoms with van der Waals surface area (Å²) in [4.78, 5) is 41.6. The fourth-order valence-electron chi connectivity index (χ4n) is 3.68. The van der Waals surface area contributed by atoms with E-state index in [9.17, 15) is 14.4 Å². The van der Waals surface area contributed by atoms with Crippen molar-refractivity contribution < 1.29 is 19.1 Å². The van der Waals surface area contributed by atoms with Gasteiger partial charge in [0.25, 0.3) is 0 Å². The van der Waals surface area contributed by atoms with Crippen LogP contribution in [0.5, 0.6) is 0 Å². The predicted molar refractivity (Wildman–Crippen MR) is 145 cm³/mol. The van der Waals surface area contributed by atoms with Crippen LogP contribution in [0.2, 0.25) is 0 Å². The van der Waals surface area contributed by atoms with Crippen molar-refractivity contribution >= 4 is 29.7 Å². The summed E-state index contributed by atoms with van der Waals surface area (Å²) in [6.07, 6.45) is 3.26. The molecule has 2 atom stereocenters. The van der Waals surface area contributed by atoms with Crippen molar-refractivity contribution in [2.24, 2.45) is 0 Å². The van der Waals surface area contributed by atoms with Crippen molar-refractivity contribution in [2.45, 2.75) is 85.0 Å². The fraction of sp³-hybridized carbons (Fsp3) is 0.593. The monoisotopic (exact) mass is 505 g/mol. The molecule has 0 saturated carbocycles. The molecule has 0 heterocycles. The van der Waals surface area contributed by atoms with E-state index in [1.165, 1.54) is 4.90 Å². The molecule has 35 heavy (non-hydrogen) atoms. The molecule has 0 saturated heterocycles. The molecule has 1 aromatic rings. The van der Waals surface area contributed by atoms with E-state index < -0.39 is 29.3 Å². The van der Waals surface area contributed by atoms with Crippen LogP contribution in [-0.2, 0) is 14.3 Å². The Morgan fingerprint density at radius 2 is 1.66 bits per heavy atom. The largest absolute Gasteiger partial charge is 0.444 e. The number of nitrogens with zero attached hydrogens (tertiary/aromatic N) is 1. The van der Waals surface area contributed by atoms with Crippen molar-refractivity contribution in [1.29, 1.82) is 0 Å². The molecule has 0 aliphatic heterocycles. The van der Waals surface area contributed by atoms with Gasteiger partial charge in [-0.2, -0.15) is 11.8 Å². The van der Waals surface area contributed by atoms with Crippen LogP contribution in [0.3, 0.4) is 0 Å². The first-order chi connectivity index (χ1) is 16.1. The Balaban J connectivity index is 3.51. The lowest BCUT2D eigenvalue weighted by atomic mass is 9.97. The van der Waals surface area contributed by atoms with Gasteiger partial charge in [0.15, 0.2) is 0 Å². The van der Waals surface area contributed by atoms with Gasteiger partial charge in [-0.25, -0.2) is 4.79 Å². The maximum atomic E-state index is 13.9. The van der Waals surface area contributed by atoms with Gasteiger partial charge in [0.05, 0.1) is 0 Å². The molecular formula is C27H43N3O4S.